The van der Waals surface area contributed by atoms with Gasteiger partial charge in [-0.15, -0.1) is 0 Å². The van der Waals surface area contributed by atoms with Gasteiger partial charge < -0.3 is 20.0 Å². The van der Waals surface area contributed by atoms with Gasteiger partial charge in [0.1, 0.15) is 12.3 Å². The third-order valence-corrected chi connectivity index (χ3v) is 4.54. The lowest BCUT2D eigenvalue weighted by Crippen LogP contribution is -2.49. The molecule has 2 N–H and O–H groups in total. The fourth-order valence-corrected chi connectivity index (χ4v) is 3.01. The molecule has 0 aliphatic carbocycles. The molecule has 0 aromatic carbocycles. The molecule has 1 aromatic rings. The van der Waals surface area contributed by atoms with E-state index >= 15 is 0 Å². The van der Waals surface area contributed by atoms with Gasteiger partial charge in [0.05, 0.1) is 6.26 Å². The van der Waals surface area contributed by atoms with Crippen molar-refractivity contribution in [3.8, 4) is 0 Å². The molecule has 1 amide bonds. The fraction of sp³-hybridized carbons (Fsp3) is 0.600. The van der Waals surface area contributed by atoms with Gasteiger partial charge in [0, 0.05) is 52.7 Å². The number of hydrogen-bond acceptors (Lipinski definition) is 4. The van der Waals surface area contributed by atoms with Crippen molar-refractivity contribution >= 4 is 11.9 Å². The van der Waals surface area contributed by atoms with E-state index in [0.717, 1.165) is 44.7 Å². The van der Waals surface area contributed by atoms with E-state index in [1.54, 1.807) is 25.3 Å². The number of likely N-dealkylation sites (N-methyl/N-ethyl adjacent to an activating group) is 1. The number of guanidine groups is 1. The van der Waals surface area contributed by atoms with Crippen LogP contribution in [0, 0.1) is 0 Å². The lowest BCUT2D eigenvalue weighted by Gasteiger charge is -2.33. The van der Waals surface area contributed by atoms with Crippen LogP contribution >= 0.6 is 0 Å². The fourth-order valence-electron chi connectivity index (χ4n) is 3.01. The highest BCUT2D eigenvalue weighted by atomic mass is 16.3. The minimum atomic E-state index is -0.0154. The number of carbonyl (C=O) groups excluding carboxylic acids is 1. The van der Waals surface area contributed by atoms with Crippen molar-refractivity contribution in [3.63, 3.8) is 0 Å². The number of likely N-dealkylation sites (tertiary alicyclic amines) is 1. The molecule has 2 heterocycles. The summed E-state index contributed by atoms with van der Waals surface area (Å²) in [5, 5.41) is 6.82. The number of nitrogens with one attached hydrogen (secondary N) is 2. The summed E-state index contributed by atoms with van der Waals surface area (Å²) in [6.07, 6.45) is 4.55. The number of nitrogens with zero attached hydrogens (tertiary/aromatic N) is 3. The van der Waals surface area contributed by atoms with Crippen molar-refractivity contribution in [1.82, 2.24) is 20.4 Å². The zero-order valence-electron chi connectivity index (χ0n) is 16.8. The number of hydrogen-bond donors (Lipinski definition) is 2. The predicted molar refractivity (Wildman–Crippen MR) is 109 cm³/mol. The SMILES string of the molecule is C=C(C)CN1CCC(NC(=NCC(=O)N(C)C)NCCc2ccco2)CC1. The molecule has 0 radical (unpaired) electrons. The number of aliphatic imine (C=N–C) groups is 1. The summed E-state index contributed by atoms with van der Waals surface area (Å²) in [5.41, 5.74) is 1.20. The van der Waals surface area contributed by atoms with E-state index in [2.05, 4.69) is 34.0 Å². The first-order valence-electron chi connectivity index (χ1n) is 9.58. The van der Waals surface area contributed by atoms with Gasteiger partial charge in [-0.25, -0.2) is 4.99 Å². The summed E-state index contributed by atoms with van der Waals surface area (Å²) in [7, 11) is 3.49. The first-order valence-corrected chi connectivity index (χ1v) is 9.58. The monoisotopic (exact) mass is 375 g/mol. The Balaban J connectivity index is 1.86. The average Bonchev–Trinajstić information content (AvgIpc) is 3.13. The van der Waals surface area contributed by atoms with Gasteiger partial charge in [0.25, 0.3) is 0 Å². The molecule has 0 bridgehead atoms. The molecule has 0 spiro atoms. The molecular weight excluding hydrogens is 342 g/mol. The first kappa shape index (κ1) is 21.0. The molecule has 0 atom stereocenters. The van der Waals surface area contributed by atoms with E-state index in [1.807, 2.05) is 12.1 Å². The summed E-state index contributed by atoms with van der Waals surface area (Å²) in [6, 6.07) is 4.20. The average molecular weight is 376 g/mol. The summed E-state index contributed by atoms with van der Waals surface area (Å²) in [6.45, 7) is 9.95. The van der Waals surface area contributed by atoms with E-state index in [9.17, 15) is 4.79 Å². The van der Waals surface area contributed by atoms with Crippen LogP contribution in [-0.2, 0) is 11.2 Å². The first-order chi connectivity index (χ1) is 12.9. The van der Waals surface area contributed by atoms with Gasteiger partial charge in [-0.3, -0.25) is 9.69 Å². The normalized spacial score (nSPS) is 16.2. The molecule has 150 valence electrons. The van der Waals surface area contributed by atoms with Crippen LogP contribution in [0.25, 0.3) is 0 Å². The van der Waals surface area contributed by atoms with Crippen LogP contribution in [0.2, 0.25) is 0 Å². The number of furan rings is 1. The standard InChI is InChI=1S/C20H33N5O2/c1-16(2)15-25-11-8-17(9-12-25)23-20(22-14-19(26)24(3)4)21-10-7-18-6-5-13-27-18/h5-6,13,17H,1,7-12,14-15H2,2-4H3,(H2,21,22,23). The molecule has 0 unspecified atom stereocenters. The van der Waals surface area contributed by atoms with E-state index in [1.165, 1.54) is 5.57 Å². The molecule has 1 saturated heterocycles. The maximum Gasteiger partial charge on any atom is 0.243 e. The Morgan fingerprint density at radius 2 is 2.15 bits per heavy atom. The van der Waals surface area contributed by atoms with Gasteiger partial charge in [0.15, 0.2) is 5.96 Å². The van der Waals surface area contributed by atoms with Crippen molar-refractivity contribution in [3.05, 3.63) is 36.3 Å². The van der Waals surface area contributed by atoms with E-state index in [4.69, 9.17) is 4.42 Å². The molecule has 7 heteroatoms. The van der Waals surface area contributed by atoms with Crippen LogP contribution in [0.1, 0.15) is 25.5 Å². The van der Waals surface area contributed by atoms with Gasteiger partial charge >= 0.3 is 0 Å². The quantitative estimate of drug-likeness (QED) is 0.409. The van der Waals surface area contributed by atoms with E-state index in [0.29, 0.717) is 18.5 Å². The van der Waals surface area contributed by atoms with Crippen LogP contribution in [-0.4, -0.2) is 74.5 Å². The van der Waals surface area contributed by atoms with Crippen LogP contribution in [0.15, 0.2) is 40.0 Å². The summed E-state index contributed by atoms with van der Waals surface area (Å²) in [5.74, 6) is 1.60. The molecule has 0 saturated carbocycles. The van der Waals surface area contributed by atoms with Gasteiger partial charge in [0.2, 0.25) is 5.91 Å². The van der Waals surface area contributed by atoms with Crippen LogP contribution in [0.3, 0.4) is 0 Å². The molecule has 1 fully saturated rings. The minimum absolute atomic E-state index is 0.0154. The Morgan fingerprint density at radius 3 is 2.74 bits per heavy atom. The molecule has 1 aromatic heterocycles. The Labute approximate surface area is 162 Å². The lowest BCUT2D eigenvalue weighted by atomic mass is 10.0. The van der Waals surface area contributed by atoms with E-state index < -0.39 is 0 Å². The Kier molecular flexibility index (Phi) is 8.39. The van der Waals surface area contributed by atoms with E-state index in [-0.39, 0.29) is 12.5 Å². The minimum Gasteiger partial charge on any atom is -0.469 e. The maximum absolute atomic E-state index is 11.9. The van der Waals surface area contributed by atoms with Crippen molar-refractivity contribution in [2.24, 2.45) is 4.99 Å². The second-order valence-electron chi connectivity index (χ2n) is 7.36. The summed E-state index contributed by atoms with van der Waals surface area (Å²) in [4.78, 5) is 20.3. The highest BCUT2D eigenvalue weighted by molar-refractivity contribution is 5.84. The summed E-state index contributed by atoms with van der Waals surface area (Å²) < 4.78 is 5.36. The zero-order valence-corrected chi connectivity index (χ0v) is 16.8. The van der Waals surface area contributed by atoms with Crippen molar-refractivity contribution in [1.29, 1.82) is 0 Å². The number of amides is 1. The van der Waals surface area contributed by atoms with Crippen LogP contribution < -0.4 is 10.6 Å². The second kappa shape index (κ2) is 10.8. The molecule has 1 aliphatic rings. The van der Waals surface area contributed by atoms with Gasteiger partial charge in [-0.05, 0) is 31.9 Å². The molecule has 1 aliphatic heterocycles. The zero-order chi connectivity index (χ0) is 19.6. The van der Waals surface area contributed by atoms with Crippen molar-refractivity contribution < 1.29 is 9.21 Å². The number of piperidine rings is 1. The lowest BCUT2D eigenvalue weighted by molar-refractivity contribution is -0.127. The Morgan fingerprint density at radius 1 is 1.41 bits per heavy atom. The number of carbonyl (C=O) groups is 1. The van der Waals surface area contributed by atoms with Crippen LogP contribution in [0.5, 0.6) is 0 Å². The second-order valence-corrected chi connectivity index (χ2v) is 7.36. The molecule has 27 heavy (non-hydrogen) atoms. The van der Waals surface area contributed by atoms with Crippen molar-refractivity contribution in [2.45, 2.75) is 32.2 Å². The van der Waals surface area contributed by atoms with Crippen LogP contribution in [0.4, 0.5) is 0 Å². The highest BCUT2D eigenvalue weighted by Crippen LogP contribution is 2.11. The smallest absolute Gasteiger partial charge is 0.243 e. The van der Waals surface area contributed by atoms with Gasteiger partial charge in [-0.2, -0.15) is 0 Å². The molecule has 2 rings (SSSR count). The van der Waals surface area contributed by atoms with Crippen molar-refractivity contribution in [2.75, 3.05) is 46.8 Å². The maximum atomic E-state index is 11.9. The Hall–Kier alpha value is -2.28. The predicted octanol–water partition coefficient (Wildman–Crippen LogP) is 1.49. The third-order valence-electron chi connectivity index (χ3n) is 4.54. The topological polar surface area (TPSA) is 73.1 Å². The highest BCUT2D eigenvalue weighted by Gasteiger charge is 2.20. The summed E-state index contributed by atoms with van der Waals surface area (Å²) >= 11 is 0. The van der Waals surface area contributed by atoms with Gasteiger partial charge in [-0.1, -0.05) is 12.2 Å². The molecule has 7 nitrogen and oxygen atoms in total. The largest absolute Gasteiger partial charge is 0.469 e. The molecular formula is C20H33N5O2. The Bertz CT molecular complexity index is 616. The third kappa shape index (κ3) is 7.86. The number of rotatable bonds is 8.